The van der Waals surface area contributed by atoms with Crippen LogP contribution in [0.2, 0.25) is 0 Å². The van der Waals surface area contributed by atoms with Crippen molar-refractivity contribution in [3.63, 3.8) is 0 Å². The van der Waals surface area contributed by atoms with Gasteiger partial charge in [-0.05, 0) is 127 Å². The first-order valence-corrected chi connectivity index (χ1v) is 14.6. The van der Waals surface area contributed by atoms with Crippen LogP contribution >= 0.6 is 0 Å². The summed E-state index contributed by atoms with van der Waals surface area (Å²) in [6, 6.07) is 0. The third-order valence-corrected chi connectivity index (χ3v) is 13.7. The predicted molar refractivity (Wildman–Crippen MR) is 134 cm³/mol. The highest BCUT2D eigenvalue weighted by Crippen LogP contribution is 2.76. The molecule has 178 valence electrons. The van der Waals surface area contributed by atoms with Gasteiger partial charge < -0.3 is 0 Å². The van der Waals surface area contributed by atoms with Crippen LogP contribution in [-0.2, 0) is 0 Å². The van der Waals surface area contributed by atoms with E-state index in [2.05, 4.69) is 48.5 Å². The Bertz CT molecular complexity index is 676. The summed E-state index contributed by atoms with van der Waals surface area (Å²) < 4.78 is 0. The molecule has 5 rings (SSSR count). The van der Waals surface area contributed by atoms with E-state index >= 15 is 0 Å². The molecule has 0 heterocycles. The molecule has 0 saturated heterocycles. The molecule has 0 N–H and O–H groups in total. The zero-order valence-corrected chi connectivity index (χ0v) is 22.2. The molecule has 4 unspecified atom stereocenters. The first-order valence-electron chi connectivity index (χ1n) is 14.6. The van der Waals surface area contributed by atoms with E-state index in [1.54, 1.807) is 32.1 Å². The molecule has 5 aliphatic rings. The molecule has 0 aromatic rings. The highest BCUT2D eigenvalue weighted by atomic mass is 14.7. The van der Waals surface area contributed by atoms with Crippen LogP contribution in [0, 0.1) is 63.1 Å². The van der Waals surface area contributed by atoms with Gasteiger partial charge in [0.2, 0.25) is 0 Å². The molecule has 5 aliphatic carbocycles. The SMILES string of the molecule is CCC[C@H](C)[C@H]1CC[C@]2(C)C3CCC4C5CCCC(C)(C)C5CC[C@@]4(C)[C@]3(C)CC[C@H]12. The molecule has 31 heavy (non-hydrogen) atoms. The summed E-state index contributed by atoms with van der Waals surface area (Å²) >= 11 is 0. The Morgan fingerprint density at radius 3 is 2.16 bits per heavy atom. The second kappa shape index (κ2) is 7.50. The van der Waals surface area contributed by atoms with Gasteiger partial charge in [0.05, 0.1) is 0 Å². The minimum atomic E-state index is 0.594. The summed E-state index contributed by atoms with van der Waals surface area (Å²) in [6.07, 6.45) is 19.7. The monoisotopic (exact) mass is 426 g/mol. The van der Waals surface area contributed by atoms with Crippen LogP contribution in [-0.4, -0.2) is 0 Å². The van der Waals surface area contributed by atoms with Crippen molar-refractivity contribution in [2.24, 2.45) is 63.1 Å². The van der Waals surface area contributed by atoms with Crippen LogP contribution in [0.15, 0.2) is 0 Å². The van der Waals surface area contributed by atoms with E-state index < -0.39 is 0 Å². The fourth-order valence-corrected chi connectivity index (χ4v) is 11.9. The quantitative estimate of drug-likeness (QED) is 0.421. The molecular formula is C31H54. The van der Waals surface area contributed by atoms with Gasteiger partial charge >= 0.3 is 0 Å². The molecule has 0 aromatic heterocycles. The van der Waals surface area contributed by atoms with E-state index in [0.29, 0.717) is 21.7 Å². The maximum Gasteiger partial charge on any atom is -0.0235 e. The summed E-state index contributed by atoms with van der Waals surface area (Å²) in [5.74, 6) is 7.06. The van der Waals surface area contributed by atoms with Gasteiger partial charge in [-0.3, -0.25) is 0 Å². The Hall–Kier alpha value is 0. The molecule has 0 nitrogen and oxygen atoms in total. The minimum absolute atomic E-state index is 0.594. The zero-order chi connectivity index (χ0) is 22.2. The van der Waals surface area contributed by atoms with Gasteiger partial charge in [-0.25, -0.2) is 0 Å². The Balaban J connectivity index is 1.44. The van der Waals surface area contributed by atoms with E-state index in [1.165, 1.54) is 51.4 Å². The zero-order valence-electron chi connectivity index (χ0n) is 22.2. The summed E-state index contributed by atoms with van der Waals surface area (Å²) in [5.41, 5.74) is 2.43. The smallest absolute Gasteiger partial charge is 0.0235 e. The van der Waals surface area contributed by atoms with Gasteiger partial charge in [-0.2, -0.15) is 0 Å². The van der Waals surface area contributed by atoms with Crippen molar-refractivity contribution in [1.29, 1.82) is 0 Å². The molecule has 0 bridgehead atoms. The molecule has 0 amide bonds. The lowest BCUT2D eigenvalue weighted by atomic mass is 9.34. The van der Waals surface area contributed by atoms with Crippen LogP contribution in [0.4, 0.5) is 0 Å². The van der Waals surface area contributed by atoms with E-state index in [0.717, 1.165) is 41.4 Å². The van der Waals surface area contributed by atoms with E-state index in [1.807, 2.05) is 0 Å². The summed E-state index contributed by atoms with van der Waals surface area (Å²) in [7, 11) is 0. The van der Waals surface area contributed by atoms with Gasteiger partial charge in [0.1, 0.15) is 0 Å². The first kappa shape index (κ1) is 22.8. The van der Waals surface area contributed by atoms with E-state index in [-0.39, 0.29) is 0 Å². The van der Waals surface area contributed by atoms with Gasteiger partial charge in [0, 0.05) is 0 Å². The number of fused-ring (bicyclic) bond motifs is 7. The van der Waals surface area contributed by atoms with Gasteiger partial charge in [0.25, 0.3) is 0 Å². The lowest BCUT2D eigenvalue weighted by Gasteiger charge is -2.70. The van der Waals surface area contributed by atoms with Crippen molar-refractivity contribution < 1.29 is 0 Å². The third kappa shape index (κ3) is 3.04. The fraction of sp³-hybridized carbons (Fsp3) is 1.00. The van der Waals surface area contributed by atoms with Gasteiger partial charge in [-0.15, -0.1) is 0 Å². The molecule has 0 radical (unpaired) electrons. The second-order valence-corrected chi connectivity index (χ2v) is 14.9. The Labute approximate surface area is 195 Å². The normalized spacial score (nSPS) is 54.3. The Morgan fingerprint density at radius 1 is 0.710 bits per heavy atom. The van der Waals surface area contributed by atoms with E-state index in [4.69, 9.17) is 0 Å². The predicted octanol–water partition coefficient (Wildman–Crippen LogP) is 9.52. The molecule has 5 saturated carbocycles. The van der Waals surface area contributed by atoms with Crippen molar-refractivity contribution in [3.8, 4) is 0 Å². The van der Waals surface area contributed by atoms with Gasteiger partial charge in [0.15, 0.2) is 0 Å². The molecule has 0 aromatic carbocycles. The highest BCUT2D eigenvalue weighted by molar-refractivity contribution is 5.17. The number of hydrogen-bond donors (Lipinski definition) is 0. The standard InChI is InChI=1S/C31H54/c1-8-10-21(2)22-14-18-29(5)25(22)16-20-31(7)27(29)13-12-26-23-11-9-17-28(3,4)24(23)15-19-30(26,31)6/h21-27H,8-20H2,1-7H3/t21-,22+,23?,24?,25+,26?,27?,29-,30+,31+/m0/s1. The van der Waals surface area contributed by atoms with Crippen LogP contribution < -0.4 is 0 Å². The lowest BCUT2D eigenvalue weighted by molar-refractivity contribution is -0.216. The number of hydrogen-bond acceptors (Lipinski definition) is 0. The molecule has 0 spiro atoms. The second-order valence-electron chi connectivity index (χ2n) is 14.9. The van der Waals surface area contributed by atoms with Crippen molar-refractivity contribution in [3.05, 3.63) is 0 Å². The minimum Gasteiger partial charge on any atom is -0.0654 e. The Kier molecular flexibility index (Phi) is 5.51. The van der Waals surface area contributed by atoms with Crippen LogP contribution in [0.5, 0.6) is 0 Å². The maximum absolute atomic E-state index is 2.82. The van der Waals surface area contributed by atoms with Crippen molar-refractivity contribution in [2.45, 2.75) is 132 Å². The van der Waals surface area contributed by atoms with E-state index in [9.17, 15) is 0 Å². The Morgan fingerprint density at radius 2 is 1.42 bits per heavy atom. The molecule has 0 heteroatoms. The topological polar surface area (TPSA) is 0 Å². The average molecular weight is 427 g/mol. The molecule has 5 fully saturated rings. The molecule has 10 atom stereocenters. The lowest BCUT2D eigenvalue weighted by Crippen LogP contribution is -2.63. The third-order valence-electron chi connectivity index (χ3n) is 13.7. The summed E-state index contributed by atoms with van der Waals surface area (Å²) in [6.45, 7) is 18.6. The maximum atomic E-state index is 2.82. The van der Waals surface area contributed by atoms with Crippen LogP contribution in [0.3, 0.4) is 0 Å². The summed E-state index contributed by atoms with van der Waals surface area (Å²) in [5, 5.41) is 0. The molecule has 0 aliphatic heterocycles. The first-order chi connectivity index (χ1) is 14.6. The van der Waals surface area contributed by atoms with Crippen molar-refractivity contribution >= 4 is 0 Å². The van der Waals surface area contributed by atoms with Gasteiger partial charge in [-0.1, -0.05) is 67.7 Å². The number of rotatable bonds is 3. The van der Waals surface area contributed by atoms with Crippen molar-refractivity contribution in [2.75, 3.05) is 0 Å². The summed E-state index contributed by atoms with van der Waals surface area (Å²) in [4.78, 5) is 0. The highest BCUT2D eigenvalue weighted by Gasteiger charge is 2.68. The average Bonchev–Trinajstić information content (AvgIpc) is 3.05. The fourth-order valence-electron chi connectivity index (χ4n) is 11.9. The van der Waals surface area contributed by atoms with Crippen molar-refractivity contribution in [1.82, 2.24) is 0 Å². The van der Waals surface area contributed by atoms with Crippen LogP contribution in [0.1, 0.15) is 132 Å². The molecular weight excluding hydrogens is 372 g/mol. The van der Waals surface area contributed by atoms with Crippen LogP contribution in [0.25, 0.3) is 0 Å². The largest absolute Gasteiger partial charge is 0.0654 e.